The molecule has 0 aromatic heterocycles. The van der Waals surface area contributed by atoms with Gasteiger partial charge in [-0.1, -0.05) is 11.6 Å². The van der Waals surface area contributed by atoms with Crippen molar-refractivity contribution < 1.29 is 28.7 Å². The van der Waals surface area contributed by atoms with Crippen LogP contribution in [0.3, 0.4) is 0 Å². The standard InChI is InChI=1S/C21H34N2O6/c1-14(9-10-22(8)18(26)28-20(2,3)4)11-15-13-23(17(25)12-16(15)24)19(27)29-21(5,6)7/h9,15H,10-13H2,1-8H3/b14-9-. The average molecular weight is 411 g/mol. The molecule has 1 saturated heterocycles. The minimum Gasteiger partial charge on any atom is -0.444 e. The van der Waals surface area contributed by atoms with Gasteiger partial charge in [0, 0.05) is 26.1 Å². The molecule has 0 aliphatic carbocycles. The van der Waals surface area contributed by atoms with E-state index >= 15 is 0 Å². The molecule has 164 valence electrons. The van der Waals surface area contributed by atoms with Crippen molar-refractivity contribution >= 4 is 23.9 Å². The van der Waals surface area contributed by atoms with E-state index in [9.17, 15) is 19.2 Å². The lowest BCUT2D eigenvalue weighted by molar-refractivity contribution is -0.141. The van der Waals surface area contributed by atoms with E-state index in [0.717, 1.165) is 10.5 Å². The highest BCUT2D eigenvalue weighted by Gasteiger charge is 2.37. The molecular formula is C21H34N2O6. The van der Waals surface area contributed by atoms with Crippen LogP contribution in [0.5, 0.6) is 0 Å². The largest absolute Gasteiger partial charge is 0.444 e. The van der Waals surface area contributed by atoms with Crippen LogP contribution < -0.4 is 0 Å². The van der Waals surface area contributed by atoms with Gasteiger partial charge in [-0.15, -0.1) is 0 Å². The van der Waals surface area contributed by atoms with Crippen LogP contribution in [0.15, 0.2) is 11.6 Å². The molecule has 0 saturated carbocycles. The van der Waals surface area contributed by atoms with Gasteiger partial charge in [-0.3, -0.25) is 9.59 Å². The van der Waals surface area contributed by atoms with Crippen molar-refractivity contribution in [3.05, 3.63) is 11.6 Å². The Morgan fingerprint density at radius 1 is 1.10 bits per heavy atom. The summed E-state index contributed by atoms with van der Waals surface area (Å²) in [5, 5.41) is 0. The molecule has 3 amide bonds. The number of imide groups is 1. The lowest BCUT2D eigenvalue weighted by atomic mass is 9.90. The van der Waals surface area contributed by atoms with Crippen molar-refractivity contribution in [1.82, 2.24) is 9.80 Å². The van der Waals surface area contributed by atoms with Gasteiger partial charge < -0.3 is 14.4 Å². The summed E-state index contributed by atoms with van der Waals surface area (Å²) in [6.45, 7) is 12.7. The number of nitrogens with zero attached hydrogens (tertiary/aromatic N) is 2. The Kier molecular flexibility index (Phi) is 8.00. The fourth-order valence-electron chi connectivity index (χ4n) is 2.66. The fraction of sp³-hybridized carbons (Fsp3) is 0.714. The molecule has 0 radical (unpaired) electrons. The first-order chi connectivity index (χ1) is 13.1. The molecule has 1 atom stereocenters. The minimum atomic E-state index is -0.730. The molecule has 1 aliphatic rings. The van der Waals surface area contributed by atoms with Crippen molar-refractivity contribution in [2.75, 3.05) is 20.1 Å². The van der Waals surface area contributed by atoms with Crippen LogP contribution in [0.2, 0.25) is 0 Å². The summed E-state index contributed by atoms with van der Waals surface area (Å²) in [5.41, 5.74) is -0.413. The van der Waals surface area contributed by atoms with Crippen LogP contribution in [-0.4, -0.2) is 65.0 Å². The quantitative estimate of drug-likeness (QED) is 0.520. The summed E-state index contributed by atoms with van der Waals surface area (Å²) in [6, 6.07) is 0. The normalized spacial score (nSPS) is 18.6. The third kappa shape index (κ3) is 8.66. The maximum absolute atomic E-state index is 12.3. The van der Waals surface area contributed by atoms with Crippen LogP contribution >= 0.6 is 0 Å². The van der Waals surface area contributed by atoms with Gasteiger partial charge in [0.25, 0.3) is 0 Å². The van der Waals surface area contributed by atoms with Gasteiger partial charge in [0.15, 0.2) is 0 Å². The number of piperidine rings is 1. The number of carbonyl (C=O) groups is 4. The summed E-state index contributed by atoms with van der Waals surface area (Å²) in [7, 11) is 1.63. The van der Waals surface area contributed by atoms with Crippen molar-refractivity contribution in [2.24, 2.45) is 5.92 Å². The lowest BCUT2D eigenvalue weighted by Crippen LogP contribution is -2.49. The number of carbonyl (C=O) groups excluding carboxylic acids is 4. The highest BCUT2D eigenvalue weighted by atomic mass is 16.6. The van der Waals surface area contributed by atoms with Crippen LogP contribution in [0.1, 0.15) is 61.3 Å². The molecule has 8 nitrogen and oxygen atoms in total. The van der Waals surface area contributed by atoms with Crippen molar-refractivity contribution in [2.45, 2.75) is 72.5 Å². The topological polar surface area (TPSA) is 93.2 Å². The van der Waals surface area contributed by atoms with Gasteiger partial charge in [0.1, 0.15) is 17.0 Å². The molecular weight excluding hydrogens is 376 g/mol. The predicted molar refractivity (Wildman–Crippen MR) is 108 cm³/mol. The van der Waals surface area contributed by atoms with Crippen LogP contribution in [0.4, 0.5) is 9.59 Å². The number of likely N-dealkylation sites (tertiary alicyclic amines) is 1. The number of ketones is 1. The number of hydrogen-bond acceptors (Lipinski definition) is 6. The second-order valence-corrected chi connectivity index (χ2v) is 9.44. The van der Waals surface area contributed by atoms with E-state index in [4.69, 9.17) is 9.47 Å². The zero-order valence-electron chi connectivity index (χ0n) is 18.8. The van der Waals surface area contributed by atoms with Gasteiger partial charge in [0.05, 0.1) is 6.42 Å². The molecule has 0 bridgehead atoms. The lowest BCUT2D eigenvalue weighted by Gasteiger charge is -2.32. The van der Waals surface area contributed by atoms with Crippen molar-refractivity contribution in [3.8, 4) is 0 Å². The van der Waals surface area contributed by atoms with Crippen LogP contribution in [0, 0.1) is 5.92 Å². The third-order valence-electron chi connectivity index (χ3n) is 4.09. The van der Waals surface area contributed by atoms with Crippen molar-refractivity contribution in [3.63, 3.8) is 0 Å². The summed E-state index contributed by atoms with van der Waals surface area (Å²) < 4.78 is 10.6. The maximum atomic E-state index is 12.3. The fourth-order valence-corrected chi connectivity index (χ4v) is 2.66. The zero-order chi connectivity index (χ0) is 22.6. The molecule has 0 N–H and O–H groups in total. The van der Waals surface area contributed by atoms with E-state index in [-0.39, 0.29) is 18.7 Å². The number of rotatable bonds is 4. The van der Waals surface area contributed by atoms with Gasteiger partial charge in [-0.2, -0.15) is 0 Å². The second kappa shape index (κ2) is 9.41. The molecule has 29 heavy (non-hydrogen) atoms. The molecule has 1 rings (SSSR count). The predicted octanol–water partition coefficient (Wildman–Crippen LogP) is 3.54. The minimum absolute atomic E-state index is 0.000332. The third-order valence-corrected chi connectivity index (χ3v) is 4.09. The molecule has 8 heteroatoms. The Morgan fingerprint density at radius 3 is 2.17 bits per heavy atom. The number of amides is 3. The maximum Gasteiger partial charge on any atom is 0.417 e. The summed E-state index contributed by atoms with van der Waals surface area (Å²) >= 11 is 0. The van der Waals surface area contributed by atoms with E-state index in [2.05, 4.69) is 0 Å². The first-order valence-electron chi connectivity index (χ1n) is 9.75. The summed E-state index contributed by atoms with van der Waals surface area (Å²) in [4.78, 5) is 51.1. The number of hydrogen-bond donors (Lipinski definition) is 0. The number of ether oxygens (including phenoxy) is 2. The van der Waals surface area contributed by atoms with E-state index in [1.807, 2.05) is 13.0 Å². The average Bonchev–Trinajstić information content (AvgIpc) is 2.51. The first kappa shape index (κ1) is 24.7. The molecule has 0 aromatic rings. The van der Waals surface area contributed by atoms with Gasteiger partial charge >= 0.3 is 12.2 Å². The SMILES string of the molecule is C/C(=C/CN(C)C(=O)OC(C)(C)C)CC1CN(C(=O)OC(C)(C)C)C(=O)CC1=O. The summed E-state index contributed by atoms with van der Waals surface area (Å²) in [5.74, 6) is -1.21. The molecule has 1 fully saturated rings. The Bertz CT molecular complexity index is 684. The molecule has 0 aromatic carbocycles. The monoisotopic (exact) mass is 410 g/mol. The van der Waals surface area contributed by atoms with Gasteiger partial charge in [-0.25, -0.2) is 14.5 Å². The number of likely N-dealkylation sites (N-methyl/N-ethyl adjacent to an activating group) is 1. The number of Topliss-reactive ketones (excluding diaryl/α,β-unsaturated/α-hetero) is 1. The van der Waals surface area contributed by atoms with E-state index < -0.39 is 35.2 Å². The van der Waals surface area contributed by atoms with Crippen LogP contribution in [0.25, 0.3) is 0 Å². The Morgan fingerprint density at radius 2 is 1.66 bits per heavy atom. The Hall–Kier alpha value is -2.38. The van der Waals surface area contributed by atoms with E-state index in [0.29, 0.717) is 13.0 Å². The van der Waals surface area contributed by atoms with Crippen LogP contribution in [-0.2, 0) is 19.1 Å². The van der Waals surface area contributed by atoms with E-state index in [1.54, 1.807) is 48.6 Å². The Balaban J connectivity index is 2.71. The number of allylic oxidation sites excluding steroid dienone is 1. The van der Waals surface area contributed by atoms with Gasteiger partial charge in [-0.05, 0) is 54.9 Å². The summed E-state index contributed by atoms with van der Waals surface area (Å²) in [6.07, 6.45) is 0.761. The molecule has 1 aliphatic heterocycles. The zero-order valence-corrected chi connectivity index (χ0v) is 18.8. The first-order valence-corrected chi connectivity index (χ1v) is 9.75. The molecule has 1 heterocycles. The second-order valence-electron chi connectivity index (χ2n) is 9.44. The smallest absolute Gasteiger partial charge is 0.417 e. The molecule has 0 spiro atoms. The van der Waals surface area contributed by atoms with Gasteiger partial charge in [0.2, 0.25) is 5.91 Å². The molecule has 1 unspecified atom stereocenters. The Labute approximate surface area is 173 Å². The highest BCUT2D eigenvalue weighted by molar-refractivity contribution is 6.06. The highest BCUT2D eigenvalue weighted by Crippen LogP contribution is 2.23. The van der Waals surface area contributed by atoms with Crippen molar-refractivity contribution in [1.29, 1.82) is 0 Å². The van der Waals surface area contributed by atoms with E-state index in [1.165, 1.54) is 4.90 Å².